The Hall–Kier alpha value is -1.83. The Balaban J connectivity index is 1.81. The van der Waals surface area contributed by atoms with Gasteiger partial charge in [-0.25, -0.2) is 0 Å². The molecule has 1 unspecified atom stereocenters. The molecule has 1 aliphatic carbocycles. The number of ketones is 1. The van der Waals surface area contributed by atoms with Crippen molar-refractivity contribution in [2.45, 2.75) is 44.9 Å². The van der Waals surface area contributed by atoms with Crippen molar-refractivity contribution in [1.29, 1.82) is 0 Å². The number of rotatable bonds is 4. The summed E-state index contributed by atoms with van der Waals surface area (Å²) >= 11 is 0. The molecular formula is C18H20O2. The number of carbonyl (C=O) groups excluding carboxylic acids is 1. The van der Waals surface area contributed by atoms with Gasteiger partial charge in [0.2, 0.25) is 0 Å². The van der Waals surface area contributed by atoms with Gasteiger partial charge in [-0.3, -0.25) is 4.79 Å². The molecule has 3 rings (SSSR count). The number of furan rings is 1. The lowest BCUT2D eigenvalue weighted by Crippen LogP contribution is -2.14. The molecule has 0 bridgehead atoms. The van der Waals surface area contributed by atoms with Crippen molar-refractivity contribution in [2.75, 3.05) is 0 Å². The summed E-state index contributed by atoms with van der Waals surface area (Å²) in [5.74, 6) is 1.41. The van der Waals surface area contributed by atoms with E-state index in [4.69, 9.17) is 4.42 Å². The highest BCUT2D eigenvalue weighted by Crippen LogP contribution is 2.35. The van der Waals surface area contributed by atoms with Crippen LogP contribution in [0.1, 0.15) is 59.3 Å². The van der Waals surface area contributed by atoms with Gasteiger partial charge in [0.1, 0.15) is 5.76 Å². The topological polar surface area (TPSA) is 30.2 Å². The SMILES string of the molecule is CCc1occc1C(=O)CC1CCCc2ccccc21. The Morgan fingerprint density at radius 1 is 1.30 bits per heavy atom. The summed E-state index contributed by atoms with van der Waals surface area (Å²) in [5, 5.41) is 0. The predicted octanol–water partition coefficient (Wildman–Crippen LogP) is 4.53. The maximum Gasteiger partial charge on any atom is 0.166 e. The standard InChI is InChI=1S/C18H20O2/c1-2-18-16(10-11-20-18)17(19)12-14-8-5-7-13-6-3-4-9-15(13)14/h3-4,6,9-11,14H,2,5,7-8,12H2,1H3. The van der Waals surface area contributed by atoms with Gasteiger partial charge >= 0.3 is 0 Å². The second-order valence-corrected chi connectivity index (χ2v) is 5.53. The summed E-state index contributed by atoms with van der Waals surface area (Å²) in [6.07, 6.45) is 6.44. The number of benzene rings is 1. The van der Waals surface area contributed by atoms with Crippen molar-refractivity contribution >= 4 is 5.78 Å². The van der Waals surface area contributed by atoms with Crippen LogP contribution in [0.3, 0.4) is 0 Å². The molecule has 0 N–H and O–H groups in total. The Morgan fingerprint density at radius 2 is 2.15 bits per heavy atom. The zero-order valence-corrected chi connectivity index (χ0v) is 11.9. The monoisotopic (exact) mass is 268 g/mol. The van der Waals surface area contributed by atoms with Crippen LogP contribution in [0.2, 0.25) is 0 Å². The van der Waals surface area contributed by atoms with Crippen LogP contribution >= 0.6 is 0 Å². The van der Waals surface area contributed by atoms with Crippen molar-refractivity contribution in [3.05, 3.63) is 59.0 Å². The van der Waals surface area contributed by atoms with Crippen LogP contribution in [-0.4, -0.2) is 5.78 Å². The molecule has 0 radical (unpaired) electrons. The molecule has 0 aliphatic heterocycles. The summed E-state index contributed by atoms with van der Waals surface area (Å²) in [7, 11) is 0. The largest absolute Gasteiger partial charge is 0.469 e. The summed E-state index contributed by atoms with van der Waals surface area (Å²) in [6, 6.07) is 10.4. The van der Waals surface area contributed by atoms with E-state index < -0.39 is 0 Å². The quantitative estimate of drug-likeness (QED) is 0.762. The number of hydrogen-bond acceptors (Lipinski definition) is 2. The minimum atomic E-state index is 0.220. The fourth-order valence-electron chi connectivity index (χ4n) is 3.26. The molecule has 1 atom stereocenters. The fraction of sp³-hybridized carbons (Fsp3) is 0.389. The van der Waals surface area contributed by atoms with E-state index in [9.17, 15) is 4.79 Å². The lowest BCUT2D eigenvalue weighted by Gasteiger charge is -2.24. The number of hydrogen-bond donors (Lipinski definition) is 0. The molecule has 0 amide bonds. The van der Waals surface area contributed by atoms with Gasteiger partial charge in [0.15, 0.2) is 5.78 Å². The zero-order valence-electron chi connectivity index (χ0n) is 11.9. The van der Waals surface area contributed by atoms with Crippen molar-refractivity contribution in [3.63, 3.8) is 0 Å². The first-order valence-electron chi connectivity index (χ1n) is 7.47. The van der Waals surface area contributed by atoms with E-state index in [2.05, 4.69) is 24.3 Å². The van der Waals surface area contributed by atoms with Gasteiger partial charge in [-0.15, -0.1) is 0 Å². The van der Waals surface area contributed by atoms with Crippen molar-refractivity contribution in [3.8, 4) is 0 Å². The molecule has 2 heteroatoms. The van der Waals surface area contributed by atoms with Crippen LogP contribution in [-0.2, 0) is 12.8 Å². The normalized spacial score (nSPS) is 17.8. The summed E-state index contributed by atoms with van der Waals surface area (Å²) in [6.45, 7) is 2.02. The van der Waals surface area contributed by atoms with E-state index in [1.807, 2.05) is 13.0 Å². The molecule has 1 aliphatic rings. The summed E-state index contributed by atoms with van der Waals surface area (Å²) in [4.78, 5) is 12.5. The predicted molar refractivity (Wildman–Crippen MR) is 79.2 cm³/mol. The number of Topliss-reactive ketones (excluding diaryl/α,β-unsaturated/α-hetero) is 1. The molecule has 2 nitrogen and oxygen atoms in total. The highest BCUT2D eigenvalue weighted by molar-refractivity contribution is 5.97. The lowest BCUT2D eigenvalue weighted by molar-refractivity contribution is 0.0969. The highest BCUT2D eigenvalue weighted by atomic mass is 16.3. The maximum atomic E-state index is 12.5. The molecule has 0 saturated heterocycles. The van der Waals surface area contributed by atoms with E-state index in [0.717, 1.165) is 30.6 Å². The zero-order chi connectivity index (χ0) is 13.9. The van der Waals surface area contributed by atoms with E-state index in [-0.39, 0.29) is 5.78 Å². The molecule has 1 aromatic heterocycles. The Kier molecular flexibility index (Phi) is 3.72. The first kappa shape index (κ1) is 13.2. The van der Waals surface area contributed by atoms with Crippen LogP contribution in [0.5, 0.6) is 0 Å². The molecule has 104 valence electrons. The van der Waals surface area contributed by atoms with Gasteiger partial charge in [0.25, 0.3) is 0 Å². The van der Waals surface area contributed by atoms with Crippen molar-refractivity contribution in [1.82, 2.24) is 0 Å². The Bertz CT molecular complexity index is 609. The molecule has 0 fully saturated rings. The van der Waals surface area contributed by atoms with Gasteiger partial charge in [0, 0.05) is 12.8 Å². The lowest BCUT2D eigenvalue weighted by atomic mass is 9.79. The summed E-state index contributed by atoms with van der Waals surface area (Å²) in [5.41, 5.74) is 3.56. The first-order valence-corrected chi connectivity index (χ1v) is 7.47. The van der Waals surface area contributed by atoms with Crippen LogP contribution in [0.15, 0.2) is 41.0 Å². The van der Waals surface area contributed by atoms with Crippen LogP contribution in [0.4, 0.5) is 0 Å². The second-order valence-electron chi connectivity index (χ2n) is 5.53. The molecular weight excluding hydrogens is 248 g/mol. The van der Waals surface area contributed by atoms with Crippen LogP contribution in [0, 0.1) is 0 Å². The average molecular weight is 268 g/mol. The fourth-order valence-corrected chi connectivity index (χ4v) is 3.26. The van der Waals surface area contributed by atoms with Gasteiger partial charge in [0.05, 0.1) is 11.8 Å². The summed E-state index contributed by atoms with van der Waals surface area (Å²) < 4.78 is 5.37. The van der Waals surface area contributed by atoms with Crippen molar-refractivity contribution in [2.24, 2.45) is 0 Å². The maximum absolute atomic E-state index is 12.5. The molecule has 1 aromatic carbocycles. The molecule has 1 heterocycles. The van der Waals surface area contributed by atoms with E-state index in [1.165, 1.54) is 17.5 Å². The third kappa shape index (κ3) is 2.43. The van der Waals surface area contributed by atoms with Gasteiger partial charge in [-0.2, -0.15) is 0 Å². The highest BCUT2D eigenvalue weighted by Gasteiger charge is 2.24. The van der Waals surface area contributed by atoms with Gasteiger partial charge < -0.3 is 4.42 Å². The average Bonchev–Trinajstić information content (AvgIpc) is 2.96. The Morgan fingerprint density at radius 3 is 3.00 bits per heavy atom. The third-order valence-corrected chi connectivity index (χ3v) is 4.29. The molecule has 2 aromatic rings. The minimum absolute atomic E-state index is 0.220. The van der Waals surface area contributed by atoms with Crippen LogP contribution < -0.4 is 0 Å². The van der Waals surface area contributed by atoms with E-state index >= 15 is 0 Å². The minimum Gasteiger partial charge on any atom is -0.469 e. The first-order chi connectivity index (χ1) is 9.79. The molecule has 0 spiro atoms. The number of aryl methyl sites for hydroxylation is 2. The molecule has 20 heavy (non-hydrogen) atoms. The third-order valence-electron chi connectivity index (χ3n) is 4.29. The number of fused-ring (bicyclic) bond motifs is 1. The van der Waals surface area contributed by atoms with Crippen LogP contribution in [0.25, 0.3) is 0 Å². The van der Waals surface area contributed by atoms with E-state index in [0.29, 0.717) is 12.3 Å². The van der Waals surface area contributed by atoms with Gasteiger partial charge in [-0.1, -0.05) is 31.2 Å². The second kappa shape index (κ2) is 5.66. The van der Waals surface area contributed by atoms with Gasteiger partial charge in [-0.05, 0) is 42.4 Å². The Labute approximate surface area is 119 Å². The van der Waals surface area contributed by atoms with Crippen molar-refractivity contribution < 1.29 is 9.21 Å². The number of carbonyl (C=O) groups is 1. The molecule has 0 saturated carbocycles. The smallest absolute Gasteiger partial charge is 0.166 e. The van der Waals surface area contributed by atoms with E-state index in [1.54, 1.807) is 6.26 Å².